The molecule has 0 fully saturated rings. The minimum absolute atomic E-state index is 0.234. The van der Waals surface area contributed by atoms with Gasteiger partial charge in [0.25, 0.3) is 0 Å². The molecule has 29 heavy (non-hydrogen) atoms. The zero-order valence-electron chi connectivity index (χ0n) is 19.2. The monoisotopic (exact) mass is 398 g/mol. The van der Waals surface area contributed by atoms with Gasteiger partial charge in [0.1, 0.15) is 11.5 Å². The topological polar surface area (TPSA) is 40.5 Å². The number of hydrogen-bond acceptors (Lipinski definition) is 2. The van der Waals surface area contributed by atoms with E-state index in [-0.39, 0.29) is 16.9 Å². The molecule has 0 saturated heterocycles. The van der Waals surface area contributed by atoms with Gasteiger partial charge in [0.05, 0.1) is 0 Å². The van der Waals surface area contributed by atoms with Crippen molar-refractivity contribution in [1.29, 1.82) is 0 Å². The highest BCUT2D eigenvalue weighted by molar-refractivity contribution is 5.44. The molecule has 0 saturated carbocycles. The Morgan fingerprint density at radius 2 is 1.21 bits per heavy atom. The Kier molecular flexibility index (Phi) is 11.5. The SMILES string of the molecule is CCCC(CC)C(C)(c1cccc(O)c1)c1cccc(O)c1.CCCCCCC. The van der Waals surface area contributed by atoms with Crippen LogP contribution in [-0.2, 0) is 5.41 Å². The van der Waals surface area contributed by atoms with Gasteiger partial charge in [-0.3, -0.25) is 0 Å². The lowest BCUT2D eigenvalue weighted by molar-refractivity contribution is 0.309. The molecule has 0 radical (unpaired) electrons. The Morgan fingerprint density at radius 3 is 1.55 bits per heavy atom. The van der Waals surface area contributed by atoms with E-state index < -0.39 is 0 Å². The summed E-state index contributed by atoms with van der Waals surface area (Å²) in [6.45, 7) is 11.1. The Bertz CT molecular complexity index is 643. The zero-order chi connectivity index (χ0) is 21.7. The van der Waals surface area contributed by atoms with Crippen LogP contribution in [0.3, 0.4) is 0 Å². The van der Waals surface area contributed by atoms with Gasteiger partial charge in [-0.15, -0.1) is 0 Å². The van der Waals surface area contributed by atoms with Crippen LogP contribution in [0.2, 0.25) is 0 Å². The summed E-state index contributed by atoms with van der Waals surface area (Å²) in [6, 6.07) is 15.0. The fourth-order valence-electron chi connectivity index (χ4n) is 4.22. The standard InChI is InChI=1S/C20H26O2.C7H16/c1-4-8-15(5-2)20(3,16-9-6-11-18(21)13-16)17-10-7-12-19(22)14-17;1-3-5-7-6-4-2/h6-7,9-15,21-22H,4-5,8H2,1-3H3;3-7H2,1-2H3. The molecule has 2 N–H and O–H groups in total. The molecule has 2 rings (SSSR count). The van der Waals surface area contributed by atoms with Crippen molar-refractivity contribution in [3.05, 3.63) is 59.7 Å². The number of unbranched alkanes of at least 4 members (excludes halogenated alkanes) is 4. The Hall–Kier alpha value is -1.96. The normalized spacial score (nSPS) is 12.2. The molecule has 0 aliphatic rings. The molecule has 162 valence electrons. The molecule has 0 amide bonds. The second-order valence-electron chi connectivity index (χ2n) is 8.26. The summed E-state index contributed by atoms with van der Waals surface area (Å²) >= 11 is 0. The number of phenols is 2. The molecule has 0 spiro atoms. The van der Waals surface area contributed by atoms with Crippen LogP contribution < -0.4 is 0 Å². The van der Waals surface area contributed by atoms with Gasteiger partial charge in [0, 0.05) is 5.41 Å². The summed E-state index contributed by atoms with van der Waals surface area (Å²) in [5.41, 5.74) is 1.96. The number of phenolic OH excluding ortho intramolecular Hbond substituents is 2. The van der Waals surface area contributed by atoms with Crippen molar-refractivity contribution in [2.45, 2.75) is 91.4 Å². The summed E-state index contributed by atoms with van der Waals surface area (Å²) < 4.78 is 0. The van der Waals surface area contributed by atoms with E-state index in [0.29, 0.717) is 5.92 Å². The number of aromatic hydroxyl groups is 2. The van der Waals surface area contributed by atoms with Crippen molar-refractivity contribution in [3.63, 3.8) is 0 Å². The van der Waals surface area contributed by atoms with Crippen LogP contribution in [0.4, 0.5) is 0 Å². The lowest BCUT2D eigenvalue weighted by Crippen LogP contribution is -2.33. The smallest absolute Gasteiger partial charge is 0.115 e. The highest BCUT2D eigenvalue weighted by Crippen LogP contribution is 2.44. The van der Waals surface area contributed by atoms with Crippen molar-refractivity contribution in [3.8, 4) is 11.5 Å². The van der Waals surface area contributed by atoms with Gasteiger partial charge in [-0.25, -0.2) is 0 Å². The minimum atomic E-state index is -0.234. The summed E-state index contributed by atoms with van der Waals surface area (Å²) in [4.78, 5) is 0. The van der Waals surface area contributed by atoms with Crippen molar-refractivity contribution >= 4 is 0 Å². The van der Waals surface area contributed by atoms with E-state index in [9.17, 15) is 10.2 Å². The first-order valence-electron chi connectivity index (χ1n) is 11.5. The van der Waals surface area contributed by atoms with Crippen LogP contribution in [0.1, 0.15) is 97.1 Å². The van der Waals surface area contributed by atoms with E-state index in [2.05, 4.69) is 46.8 Å². The maximum atomic E-state index is 9.91. The molecule has 2 aromatic rings. The van der Waals surface area contributed by atoms with Gasteiger partial charge in [-0.1, -0.05) is 104 Å². The van der Waals surface area contributed by atoms with Crippen LogP contribution >= 0.6 is 0 Å². The quantitative estimate of drug-likeness (QED) is 0.396. The summed E-state index contributed by atoms with van der Waals surface area (Å²) in [5, 5.41) is 19.8. The molecule has 0 aliphatic carbocycles. The van der Waals surface area contributed by atoms with E-state index in [1.54, 1.807) is 12.1 Å². The lowest BCUT2D eigenvalue weighted by atomic mass is 9.65. The molecule has 2 nitrogen and oxygen atoms in total. The van der Waals surface area contributed by atoms with Crippen LogP contribution in [0.25, 0.3) is 0 Å². The zero-order valence-corrected chi connectivity index (χ0v) is 19.2. The van der Waals surface area contributed by atoms with E-state index in [1.807, 2.05) is 24.3 Å². The van der Waals surface area contributed by atoms with Gasteiger partial charge in [-0.05, 0) is 47.7 Å². The Morgan fingerprint density at radius 1 is 0.724 bits per heavy atom. The molecule has 1 unspecified atom stereocenters. The molecule has 2 aromatic carbocycles. The predicted octanol–water partition coefficient (Wildman–Crippen LogP) is 8.21. The molecule has 0 aliphatic heterocycles. The second kappa shape index (κ2) is 13.3. The van der Waals surface area contributed by atoms with Crippen molar-refractivity contribution in [1.82, 2.24) is 0 Å². The van der Waals surface area contributed by atoms with Crippen molar-refractivity contribution in [2.75, 3.05) is 0 Å². The Labute approximate surface area is 179 Å². The molecule has 2 heteroatoms. The minimum Gasteiger partial charge on any atom is -0.508 e. The molecule has 1 atom stereocenters. The van der Waals surface area contributed by atoms with E-state index in [1.165, 1.54) is 32.1 Å². The average Bonchev–Trinajstić information content (AvgIpc) is 2.72. The third-order valence-electron chi connectivity index (χ3n) is 6.05. The first-order chi connectivity index (χ1) is 13.9. The Balaban J connectivity index is 0.000000516. The summed E-state index contributed by atoms with van der Waals surface area (Å²) in [6.07, 6.45) is 10.3. The van der Waals surface area contributed by atoms with Crippen molar-refractivity contribution < 1.29 is 10.2 Å². The fraction of sp³-hybridized carbons (Fsp3) is 0.556. The van der Waals surface area contributed by atoms with Crippen LogP contribution in [-0.4, -0.2) is 10.2 Å². The maximum absolute atomic E-state index is 9.91. The van der Waals surface area contributed by atoms with Gasteiger partial charge in [0.2, 0.25) is 0 Å². The highest BCUT2D eigenvalue weighted by atomic mass is 16.3. The van der Waals surface area contributed by atoms with Gasteiger partial charge in [-0.2, -0.15) is 0 Å². The van der Waals surface area contributed by atoms with E-state index >= 15 is 0 Å². The number of benzene rings is 2. The third-order valence-corrected chi connectivity index (χ3v) is 6.05. The fourth-order valence-corrected chi connectivity index (χ4v) is 4.22. The predicted molar refractivity (Wildman–Crippen MR) is 126 cm³/mol. The largest absolute Gasteiger partial charge is 0.508 e. The second-order valence-corrected chi connectivity index (χ2v) is 8.26. The summed E-state index contributed by atoms with van der Waals surface area (Å²) in [5.74, 6) is 1.02. The van der Waals surface area contributed by atoms with Crippen LogP contribution in [0.15, 0.2) is 48.5 Å². The lowest BCUT2D eigenvalue weighted by Gasteiger charge is -2.39. The number of rotatable bonds is 10. The molecule has 0 aromatic heterocycles. The van der Waals surface area contributed by atoms with Crippen LogP contribution in [0.5, 0.6) is 11.5 Å². The molecular weight excluding hydrogens is 356 g/mol. The van der Waals surface area contributed by atoms with Gasteiger partial charge in [0.15, 0.2) is 0 Å². The first kappa shape index (κ1) is 25.1. The summed E-state index contributed by atoms with van der Waals surface area (Å²) in [7, 11) is 0. The van der Waals surface area contributed by atoms with Gasteiger partial charge >= 0.3 is 0 Å². The number of hydrogen-bond donors (Lipinski definition) is 2. The molecule has 0 bridgehead atoms. The van der Waals surface area contributed by atoms with Crippen molar-refractivity contribution in [2.24, 2.45) is 5.92 Å². The average molecular weight is 399 g/mol. The van der Waals surface area contributed by atoms with E-state index in [0.717, 1.165) is 30.4 Å². The molecule has 0 heterocycles. The first-order valence-corrected chi connectivity index (χ1v) is 11.5. The van der Waals surface area contributed by atoms with E-state index in [4.69, 9.17) is 0 Å². The van der Waals surface area contributed by atoms with Crippen LogP contribution in [0, 0.1) is 5.92 Å². The maximum Gasteiger partial charge on any atom is 0.115 e. The molecular formula is C27H42O2. The third kappa shape index (κ3) is 7.42. The highest BCUT2D eigenvalue weighted by Gasteiger charge is 2.36. The van der Waals surface area contributed by atoms with Gasteiger partial charge < -0.3 is 10.2 Å².